The molecule has 1 saturated carbocycles. The largest absolute Gasteiger partial charge is 0.477 e. The van der Waals surface area contributed by atoms with E-state index >= 15 is 0 Å². The van der Waals surface area contributed by atoms with Gasteiger partial charge in [0.2, 0.25) is 5.88 Å². The first-order valence-corrected chi connectivity index (χ1v) is 18.6. The number of unbranched alkanes of at least 4 members (excludes halogenated alkanes) is 1. The van der Waals surface area contributed by atoms with Crippen LogP contribution in [0.3, 0.4) is 0 Å². The number of sulfonamides is 1. The summed E-state index contributed by atoms with van der Waals surface area (Å²) in [5, 5.41) is 7.63. The number of nitrogens with one attached hydrogen (secondary N) is 1. The summed E-state index contributed by atoms with van der Waals surface area (Å²) in [7, 11) is -4.34. The van der Waals surface area contributed by atoms with Crippen molar-refractivity contribution in [3.8, 4) is 11.7 Å². The van der Waals surface area contributed by atoms with Crippen molar-refractivity contribution in [1.82, 2.24) is 34.2 Å². The smallest absolute Gasteiger partial charge is 0.410 e. The second-order valence-electron chi connectivity index (χ2n) is 14.8. The molecule has 280 valence electrons. The topological polar surface area (TPSA) is 151 Å². The first-order chi connectivity index (χ1) is 23.7. The van der Waals surface area contributed by atoms with Gasteiger partial charge in [0.05, 0.1) is 17.6 Å². The Morgan fingerprint density at radius 1 is 1.06 bits per heavy atom. The Balaban J connectivity index is 1.09. The highest BCUT2D eigenvalue weighted by Gasteiger charge is 2.62. The van der Waals surface area contributed by atoms with Crippen LogP contribution >= 0.6 is 11.6 Å². The van der Waals surface area contributed by atoms with E-state index in [0.717, 1.165) is 25.7 Å². The molecule has 1 unspecified atom stereocenters. The van der Waals surface area contributed by atoms with E-state index in [1.165, 1.54) is 46.0 Å². The van der Waals surface area contributed by atoms with Gasteiger partial charge in [0.25, 0.3) is 15.9 Å². The van der Waals surface area contributed by atoms with E-state index in [1.807, 2.05) is 39.3 Å². The van der Waals surface area contributed by atoms with Crippen molar-refractivity contribution in [1.29, 1.82) is 0 Å². The van der Waals surface area contributed by atoms with Crippen molar-refractivity contribution in [2.24, 2.45) is 11.3 Å². The number of rotatable bonds is 13. The zero-order chi connectivity index (χ0) is 37.4. The number of hydrogen-bond donors (Lipinski definition) is 1. The molecular formula is C33H43ClF3N7O6S. The maximum Gasteiger partial charge on any atom is 0.410 e. The van der Waals surface area contributed by atoms with Gasteiger partial charge >= 0.3 is 12.3 Å². The lowest BCUT2D eigenvalue weighted by Gasteiger charge is -2.33. The van der Waals surface area contributed by atoms with Crippen molar-refractivity contribution in [2.45, 2.75) is 108 Å². The van der Waals surface area contributed by atoms with Gasteiger partial charge in [-0.05, 0) is 97.3 Å². The molecule has 18 heteroatoms. The van der Waals surface area contributed by atoms with E-state index < -0.39 is 33.1 Å². The van der Waals surface area contributed by atoms with Gasteiger partial charge in [0, 0.05) is 37.1 Å². The Labute approximate surface area is 299 Å². The van der Waals surface area contributed by atoms with Crippen molar-refractivity contribution in [3.63, 3.8) is 0 Å². The number of ether oxygens (including phenoxy) is 2. The minimum atomic E-state index is -4.34. The van der Waals surface area contributed by atoms with Gasteiger partial charge in [0.1, 0.15) is 10.8 Å². The SMILES string of the molecule is CC(C)(C)OC(=O)N1CC(CCCCn2ccc(S(=O)(=O)NC(=O)c3ccc(-n4ccc(OCCC5(C(F)(F)F)CC5)n4)nc3Cl)n2)CC1(C)C. The summed E-state index contributed by atoms with van der Waals surface area (Å²) < 4.78 is 81.1. The van der Waals surface area contributed by atoms with E-state index in [-0.39, 0.29) is 64.9 Å². The van der Waals surface area contributed by atoms with Gasteiger partial charge in [0.15, 0.2) is 10.8 Å². The zero-order valence-electron chi connectivity index (χ0n) is 29.2. The third-order valence-electron chi connectivity index (χ3n) is 9.11. The Hall–Kier alpha value is -3.86. The number of nitrogens with zero attached hydrogens (tertiary/aromatic N) is 6. The lowest BCUT2D eigenvalue weighted by atomic mass is 9.93. The van der Waals surface area contributed by atoms with E-state index in [9.17, 15) is 31.2 Å². The molecule has 1 saturated heterocycles. The van der Waals surface area contributed by atoms with Crippen LogP contribution in [0.2, 0.25) is 5.15 Å². The summed E-state index contributed by atoms with van der Waals surface area (Å²) in [6, 6.07) is 5.40. The van der Waals surface area contributed by atoms with Crippen LogP contribution in [0.25, 0.3) is 5.82 Å². The molecule has 0 bridgehead atoms. The summed E-state index contributed by atoms with van der Waals surface area (Å²) in [6.07, 6.45) is 1.72. The summed E-state index contributed by atoms with van der Waals surface area (Å²) in [4.78, 5) is 31.5. The predicted molar refractivity (Wildman–Crippen MR) is 180 cm³/mol. The number of likely N-dealkylation sites (tertiary alicyclic amines) is 1. The van der Waals surface area contributed by atoms with Gasteiger partial charge in [-0.2, -0.15) is 26.7 Å². The number of hydrogen-bond acceptors (Lipinski definition) is 9. The van der Waals surface area contributed by atoms with Crippen LogP contribution in [-0.2, 0) is 21.3 Å². The van der Waals surface area contributed by atoms with E-state index in [2.05, 4.69) is 15.2 Å². The fraction of sp³-hybridized carbons (Fsp3) is 0.606. The number of halogens is 4. The molecule has 3 aromatic rings. The predicted octanol–water partition coefficient (Wildman–Crippen LogP) is 6.55. The summed E-state index contributed by atoms with van der Waals surface area (Å²) in [5.41, 5.74) is -2.77. The molecule has 13 nitrogen and oxygen atoms in total. The third kappa shape index (κ3) is 9.33. The van der Waals surface area contributed by atoms with Crippen LogP contribution in [0.5, 0.6) is 5.88 Å². The minimum absolute atomic E-state index is 0.0849. The molecule has 0 aromatic carbocycles. The first kappa shape index (κ1) is 38.4. The van der Waals surface area contributed by atoms with Gasteiger partial charge in [-0.3, -0.25) is 9.48 Å². The summed E-state index contributed by atoms with van der Waals surface area (Å²) in [5.74, 6) is -0.449. The molecule has 5 rings (SSSR count). The van der Waals surface area contributed by atoms with Gasteiger partial charge in [-0.1, -0.05) is 18.0 Å². The fourth-order valence-corrected chi connectivity index (χ4v) is 7.32. The van der Waals surface area contributed by atoms with Gasteiger partial charge in [-0.25, -0.2) is 19.2 Å². The highest BCUT2D eigenvalue weighted by atomic mass is 35.5. The van der Waals surface area contributed by atoms with Crippen molar-refractivity contribution in [3.05, 3.63) is 47.4 Å². The molecule has 1 atom stereocenters. The molecule has 0 spiro atoms. The molecule has 3 aromatic heterocycles. The van der Waals surface area contributed by atoms with Crippen LogP contribution in [0.15, 0.2) is 41.7 Å². The fourth-order valence-electron chi connectivity index (χ4n) is 6.18. The Kier molecular flexibility index (Phi) is 10.7. The minimum Gasteiger partial charge on any atom is -0.477 e. The maximum absolute atomic E-state index is 13.1. The van der Waals surface area contributed by atoms with Crippen LogP contribution in [-0.4, -0.2) is 80.3 Å². The number of amides is 2. The second-order valence-corrected chi connectivity index (χ2v) is 16.8. The van der Waals surface area contributed by atoms with Crippen LogP contribution in [0.4, 0.5) is 18.0 Å². The Morgan fingerprint density at radius 2 is 1.78 bits per heavy atom. The molecule has 4 heterocycles. The average molecular weight is 758 g/mol. The Morgan fingerprint density at radius 3 is 2.43 bits per heavy atom. The highest BCUT2D eigenvalue weighted by molar-refractivity contribution is 7.90. The number of aryl methyl sites for hydroxylation is 1. The Bertz CT molecular complexity index is 1850. The number of alkyl halides is 3. The van der Waals surface area contributed by atoms with Crippen molar-refractivity contribution in [2.75, 3.05) is 13.2 Å². The lowest BCUT2D eigenvalue weighted by molar-refractivity contribution is -0.190. The number of carbonyl (C=O) groups excluding carboxylic acids is 2. The van der Waals surface area contributed by atoms with E-state index in [4.69, 9.17) is 21.1 Å². The molecule has 0 radical (unpaired) electrons. The third-order valence-corrected chi connectivity index (χ3v) is 10.6. The molecule has 2 fully saturated rings. The van der Waals surface area contributed by atoms with Crippen LogP contribution in [0.1, 0.15) is 89.9 Å². The first-order valence-electron chi connectivity index (χ1n) is 16.7. The number of pyridine rings is 1. The highest BCUT2D eigenvalue weighted by Crippen LogP contribution is 2.59. The summed E-state index contributed by atoms with van der Waals surface area (Å²) >= 11 is 6.23. The van der Waals surface area contributed by atoms with Crippen LogP contribution in [0, 0.1) is 11.3 Å². The summed E-state index contributed by atoms with van der Waals surface area (Å²) in [6.45, 7) is 10.5. The standard InChI is InChI=1S/C33H43ClF3N7O6S/c1-30(2,3)50-29(46)43-21-22(20-31(43,4)5)8-6-7-16-42-17-12-26(40-42)51(47,48)41-28(45)23-9-10-24(38-27(23)34)44-18-11-25(39-44)49-19-15-32(13-14-32)33(35,36)37/h9-12,17-18,22H,6-8,13-16,19-21H2,1-5H3,(H,41,45). The monoisotopic (exact) mass is 757 g/mol. The van der Waals surface area contributed by atoms with Gasteiger partial charge < -0.3 is 14.4 Å². The molecular weight excluding hydrogens is 715 g/mol. The maximum atomic E-state index is 13.1. The van der Waals surface area contributed by atoms with Crippen LogP contribution < -0.4 is 9.46 Å². The second kappa shape index (κ2) is 14.3. The molecule has 1 aliphatic heterocycles. The zero-order valence-corrected chi connectivity index (χ0v) is 30.7. The van der Waals surface area contributed by atoms with E-state index in [0.29, 0.717) is 19.0 Å². The molecule has 51 heavy (non-hydrogen) atoms. The number of carbonyl (C=O) groups is 2. The van der Waals surface area contributed by atoms with E-state index in [1.54, 1.807) is 4.90 Å². The number of aromatic nitrogens is 5. The average Bonchev–Trinajstić information content (AvgIpc) is 3.31. The van der Waals surface area contributed by atoms with Gasteiger partial charge in [-0.15, -0.1) is 5.10 Å². The van der Waals surface area contributed by atoms with Crippen molar-refractivity contribution >= 4 is 33.6 Å². The normalized spacial score (nSPS) is 18.5. The molecule has 2 amide bonds. The molecule has 1 N–H and O–H groups in total. The van der Waals surface area contributed by atoms with Crippen molar-refractivity contribution < 1.29 is 40.7 Å². The quantitative estimate of drug-likeness (QED) is 0.151. The lowest BCUT2D eigenvalue weighted by Crippen LogP contribution is -2.45. The molecule has 2 aliphatic rings. The molecule has 1 aliphatic carbocycles.